The predicted octanol–water partition coefficient (Wildman–Crippen LogP) is 2.71. The molecule has 23 heavy (non-hydrogen) atoms. The van der Waals surface area contributed by atoms with Crippen molar-refractivity contribution in [2.75, 3.05) is 5.32 Å². The van der Waals surface area contributed by atoms with E-state index in [-0.39, 0.29) is 6.04 Å². The molecule has 0 aliphatic carbocycles. The first kappa shape index (κ1) is 13.4. The molecule has 114 valence electrons. The molecule has 0 bridgehead atoms. The summed E-state index contributed by atoms with van der Waals surface area (Å²) < 4.78 is 1.98. The van der Waals surface area contributed by atoms with E-state index >= 15 is 0 Å². The monoisotopic (exact) mass is 305 g/mol. The van der Waals surface area contributed by atoms with E-state index in [1.54, 1.807) is 18.9 Å². The predicted molar refractivity (Wildman–Crippen MR) is 87.3 cm³/mol. The minimum atomic E-state index is 0.0832. The van der Waals surface area contributed by atoms with Crippen molar-refractivity contribution >= 4 is 17.0 Å². The summed E-state index contributed by atoms with van der Waals surface area (Å²) in [4.78, 5) is 19.7. The molecule has 1 unspecified atom stereocenters. The van der Waals surface area contributed by atoms with Gasteiger partial charge in [0.1, 0.15) is 11.8 Å². The van der Waals surface area contributed by atoms with Crippen LogP contribution in [0.3, 0.4) is 0 Å². The lowest BCUT2D eigenvalue weighted by atomic mass is 10.1. The Labute approximate surface area is 132 Å². The van der Waals surface area contributed by atoms with Gasteiger partial charge >= 0.3 is 0 Å². The zero-order chi connectivity index (χ0) is 15.6. The number of nitrogens with zero attached hydrogens (tertiary/aromatic N) is 5. The van der Waals surface area contributed by atoms with E-state index in [1.807, 2.05) is 16.8 Å². The number of aromatic amines is 1. The van der Waals surface area contributed by atoms with Gasteiger partial charge in [0.25, 0.3) is 0 Å². The number of fused-ring (bicyclic) bond motifs is 1. The zero-order valence-electron chi connectivity index (χ0n) is 12.5. The van der Waals surface area contributed by atoms with Crippen molar-refractivity contribution in [3.05, 3.63) is 61.2 Å². The zero-order valence-corrected chi connectivity index (χ0v) is 12.5. The molecular formula is C16H15N7. The molecule has 4 rings (SSSR count). The lowest BCUT2D eigenvalue weighted by molar-refractivity contribution is 0.871. The number of H-pyrrole nitrogens is 1. The van der Waals surface area contributed by atoms with Crippen LogP contribution in [0.5, 0.6) is 0 Å². The molecule has 0 aliphatic rings. The van der Waals surface area contributed by atoms with Gasteiger partial charge < -0.3 is 14.9 Å². The second-order valence-electron chi connectivity index (χ2n) is 5.25. The Hall–Kier alpha value is -3.22. The molecule has 0 saturated carbocycles. The maximum Gasteiger partial charge on any atom is 0.182 e. The Morgan fingerprint density at radius 2 is 2.17 bits per heavy atom. The third-order valence-corrected chi connectivity index (χ3v) is 3.75. The van der Waals surface area contributed by atoms with Crippen LogP contribution in [0.15, 0.2) is 55.6 Å². The summed E-state index contributed by atoms with van der Waals surface area (Å²) in [5, 5.41) is 3.41. The largest absolute Gasteiger partial charge is 0.362 e. The van der Waals surface area contributed by atoms with Crippen LogP contribution in [0.4, 0.5) is 5.82 Å². The first-order valence-corrected chi connectivity index (χ1v) is 7.30. The number of anilines is 1. The smallest absolute Gasteiger partial charge is 0.182 e. The van der Waals surface area contributed by atoms with Gasteiger partial charge in [-0.05, 0) is 24.6 Å². The fourth-order valence-corrected chi connectivity index (χ4v) is 2.53. The average Bonchev–Trinajstić information content (AvgIpc) is 3.27. The molecule has 0 radical (unpaired) electrons. The summed E-state index contributed by atoms with van der Waals surface area (Å²) in [6, 6.07) is 8.39. The van der Waals surface area contributed by atoms with E-state index in [2.05, 4.69) is 55.4 Å². The van der Waals surface area contributed by atoms with Gasteiger partial charge in [0.2, 0.25) is 0 Å². The van der Waals surface area contributed by atoms with Crippen LogP contribution in [0.2, 0.25) is 0 Å². The molecule has 1 aromatic carbocycles. The summed E-state index contributed by atoms with van der Waals surface area (Å²) >= 11 is 0. The molecule has 3 heterocycles. The Morgan fingerprint density at radius 1 is 1.22 bits per heavy atom. The van der Waals surface area contributed by atoms with Crippen LogP contribution in [-0.2, 0) is 0 Å². The van der Waals surface area contributed by atoms with Gasteiger partial charge in [0.15, 0.2) is 11.5 Å². The van der Waals surface area contributed by atoms with Crippen LogP contribution < -0.4 is 5.32 Å². The van der Waals surface area contributed by atoms with Crippen molar-refractivity contribution in [2.45, 2.75) is 13.0 Å². The van der Waals surface area contributed by atoms with Crippen LogP contribution in [0, 0.1) is 0 Å². The van der Waals surface area contributed by atoms with Gasteiger partial charge in [-0.15, -0.1) is 0 Å². The molecule has 2 N–H and O–H groups in total. The molecule has 0 saturated heterocycles. The number of rotatable bonds is 4. The fraction of sp³-hybridized carbons (Fsp3) is 0.125. The average molecular weight is 305 g/mol. The fourth-order valence-electron chi connectivity index (χ4n) is 2.53. The normalized spacial score (nSPS) is 12.4. The number of benzene rings is 1. The van der Waals surface area contributed by atoms with Gasteiger partial charge in [-0.2, -0.15) is 0 Å². The van der Waals surface area contributed by atoms with Gasteiger partial charge in [0, 0.05) is 18.1 Å². The Kier molecular flexibility index (Phi) is 3.23. The van der Waals surface area contributed by atoms with Gasteiger partial charge in [-0.3, -0.25) is 0 Å². The number of nitrogens with one attached hydrogen (secondary N) is 2. The van der Waals surface area contributed by atoms with Gasteiger partial charge in [0.05, 0.1) is 18.7 Å². The first-order valence-electron chi connectivity index (χ1n) is 7.30. The van der Waals surface area contributed by atoms with E-state index < -0.39 is 0 Å². The molecule has 1 atom stereocenters. The third kappa shape index (κ3) is 2.52. The molecule has 0 aliphatic heterocycles. The molecule has 7 heteroatoms. The highest BCUT2D eigenvalue weighted by molar-refractivity contribution is 5.82. The Bertz CT molecular complexity index is 926. The van der Waals surface area contributed by atoms with Gasteiger partial charge in [-0.25, -0.2) is 19.9 Å². The van der Waals surface area contributed by atoms with Gasteiger partial charge in [-0.1, -0.05) is 12.1 Å². The second-order valence-corrected chi connectivity index (χ2v) is 5.25. The maximum atomic E-state index is 4.31. The van der Waals surface area contributed by atoms with Crippen molar-refractivity contribution in [3.8, 4) is 5.69 Å². The molecule has 0 spiro atoms. The van der Waals surface area contributed by atoms with Crippen LogP contribution in [-0.4, -0.2) is 29.5 Å². The van der Waals surface area contributed by atoms with Crippen molar-refractivity contribution in [1.82, 2.24) is 29.5 Å². The number of imidazole rings is 2. The van der Waals surface area contributed by atoms with Crippen LogP contribution >= 0.6 is 0 Å². The molecule has 7 nitrogen and oxygen atoms in total. The summed E-state index contributed by atoms with van der Waals surface area (Å²) in [5.41, 5.74) is 3.69. The van der Waals surface area contributed by atoms with E-state index in [9.17, 15) is 0 Å². The minimum Gasteiger partial charge on any atom is -0.362 e. The Balaban J connectivity index is 1.63. The van der Waals surface area contributed by atoms with Crippen molar-refractivity contribution in [3.63, 3.8) is 0 Å². The summed E-state index contributed by atoms with van der Waals surface area (Å²) in [6.45, 7) is 2.09. The lowest BCUT2D eigenvalue weighted by Crippen LogP contribution is -2.09. The number of hydrogen-bond donors (Lipinski definition) is 2. The highest BCUT2D eigenvalue weighted by atomic mass is 15.1. The first-order chi connectivity index (χ1) is 11.3. The highest BCUT2D eigenvalue weighted by Crippen LogP contribution is 2.23. The SMILES string of the molecule is CC(Nc1ncnc2nc[nH]c12)c1cccc(-n2ccnc2)c1. The lowest BCUT2D eigenvalue weighted by Gasteiger charge is -2.16. The summed E-state index contributed by atoms with van der Waals surface area (Å²) in [5.74, 6) is 0.744. The van der Waals surface area contributed by atoms with Crippen LogP contribution in [0.25, 0.3) is 16.9 Å². The van der Waals surface area contributed by atoms with E-state index in [4.69, 9.17) is 0 Å². The topological polar surface area (TPSA) is 84.3 Å². The molecular weight excluding hydrogens is 290 g/mol. The van der Waals surface area contributed by atoms with E-state index in [0.29, 0.717) is 5.65 Å². The number of hydrogen-bond acceptors (Lipinski definition) is 5. The molecule has 4 aromatic rings. The van der Waals surface area contributed by atoms with Crippen LogP contribution in [0.1, 0.15) is 18.5 Å². The Morgan fingerprint density at radius 3 is 3.04 bits per heavy atom. The molecule has 3 aromatic heterocycles. The number of aromatic nitrogens is 6. The quantitative estimate of drug-likeness (QED) is 0.605. The highest BCUT2D eigenvalue weighted by Gasteiger charge is 2.11. The van der Waals surface area contributed by atoms with E-state index in [0.717, 1.165) is 22.6 Å². The van der Waals surface area contributed by atoms with Crippen molar-refractivity contribution in [2.24, 2.45) is 0 Å². The maximum absolute atomic E-state index is 4.31. The molecule has 0 fully saturated rings. The standard InChI is InChI=1S/C16H15N7/c1-11(22-16-14-15(19-8-18-14)20-9-21-16)12-3-2-4-13(7-12)23-6-5-17-10-23/h2-11H,1H3,(H2,18,19,20,21,22). The second kappa shape index (κ2) is 5.53. The molecule has 0 amide bonds. The van der Waals surface area contributed by atoms with Crippen molar-refractivity contribution in [1.29, 1.82) is 0 Å². The summed E-state index contributed by atoms with van der Waals surface area (Å²) in [7, 11) is 0. The minimum absolute atomic E-state index is 0.0832. The van der Waals surface area contributed by atoms with E-state index in [1.165, 1.54) is 6.33 Å². The third-order valence-electron chi connectivity index (χ3n) is 3.75. The van der Waals surface area contributed by atoms with Crippen molar-refractivity contribution < 1.29 is 0 Å². The summed E-state index contributed by atoms with van der Waals surface area (Å²) in [6.07, 6.45) is 8.62.